The molecular formula is C24H28N4OS. The summed E-state index contributed by atoms with van der Waals surface area (Å²) in [5.74, 6) is 0. The standard InChI is InChI=1S/C24H28N4OS/c1-4-13-27-21-15-18(3)30-23(21)20-16-26-28(24(29)22(20)27)14-11-17(2)25-12-10-19-8-6-5-7-9-19/h4-9,15-17,25H,1,10-14H2,2-3H3/t17-/m1/s1. The Labute approximate surface area is 180 Å². The van der Waals surface area contributed by atoms with Crippen LogP contribution >= 0.6 is 11.3 Å². The number of aromatic nitrogens is 3. The van der Waals surface area contributed by atoms with Gasteiger partial charge in [0, 0.05) is 29.4 Å². The zero-order valence-electron chi connectivity index (χ0n) is 17.6. The summed E-state index contributed by atoms with van der Waals surface area (Å²) in [6, 6.07) is 12.9. The molecule has 0 aliphatic rings. The molecule has 30 heavy (non-hydrogen) atoms. The van der Waals surface area contributed by atoms with E-state index in [-0.39, 0.29) is 5.56 Å². The summed E-state index contributed by atoms with van der Waals surface area (Å²) in [5.41, 5.74) is 3.14. The first-order valence-electron chi connectivity index (χ1n) is 10.4. The molecule has 4 rings (SSSR count). The number of nitrogens with one attached hydrogen (secondary N) is 1. The van der Waals surface area contributed by atoms with E-state index in [0.717, 1.165) is 40.5 Å². The summed E-state index contributed by atoms with van der Waals surface area (Å²) >= 11 is 1.72. The van der Waals surface area contributed by atoms with Crippen molar-refractivity contribution in [3.63, 3.8) is 0 Å². The number of fused-ring (bicyclic) bond motifs is 3. The van der Waals surface area contributed by atoms with Gasteiger partial charge in [0.25, 0.3) is 5.56 Å². The van der Waals surface area contributed by atoms with Gasteiger partial charge in [-0.15, -0.1) is 17.9 Å². The third kappa shape index (κ3) is 4.11. The fourth-order valence-electron chi connectivity index (χ4n) is 3.92. The molecule has 1 atom stereocenters. The Morgan fingerprint density at radius 3 is 2.87 bits per heavy atom. The van der Waals surface area contributed by atoms with Crippen molar-refractivity contribution in [1.29, 1.82) is 0 Å². The van der Waals surface area contributed by atoms with E-state index in [2.05, 4.69) is 65.7 Å². The van der Waals surface area contributed by atoms with Crippen LogP contribution in [0, 0.1) is 6.92 Å². The van der Waals surface area contributed by atoms with Crippen molar-refractivity contribution in [1.82, 2.24) is 19.7 Å². The van der Waals surface area contributed by atoms with E-state index in [9.17, 15) is 4.79 Å². The number of hydrogen-bond acceptors (Lipinski definition) is 4. The SMILES string of the molecule is C=CCn1c2cc(C)sc2c2cnn(CC[C@@H](C)NCCc3ccccc3)c(=O)c21. The van der Waals surface area contributed by atoms with Gasteiger partial charge in [-0.3, -0.25) is 4.79 Å². The second-order valence-corrected chi connectivity index (χ2v) is 9.04. The first-order chi connectivity index (χ1) is 14.6. The predicted molar refractivity (Wildman–Crippen MR) is 127 cm³/mol. The summed E-state index contributed by atoms with van der Waals surface area (Å²) in [6.45, 7) is 10.3. The fraction of sp³-hybridized carbons (Fsp3) is 0.333. The molecule has 0 saturated heterocycles. The van der Waals surface area contributed by atoms with Crippen LogP contribution in [0.5, 0.6) is 0 Å². The van der Waals surface area contributed by atoms with Crippen molar-refractivity contribution in [2.75, 3.05) is 6.54 Å². The first-order valence-corrected chi connectivity index (χ1v) is 11.3. The average molecular weight is 421 g/mol. The maximum absolute atomic E-state index is 13.2. The molecular weight excluding hydrogens is 392 g/mol. The van der Waals surface area contributed by atoms with Gasteiger partial charge in [0.05, 0.1) is 16.4 Å². The van der Waals surface area contributed by atoms with Gasteiger partial charge >= 0.3 is 0 Å². The summed E-state index contributed by atoms with van der Waals surface area (Å²) in [5, 5.41) is 8.98. The monoisotopic (exact) mass is 420 g/mol. The van der Waals surface area contributed by atoms with E-state index in [4.69, 9.17) is 0 Å². The van der Waals surface area contributed by atoms with Crippen molar-refractivity contribution in [2.45, 2.75) is 45.8 Å². The molecule has 4 aromatic rings. The first kappa shape index (κ1) is 20.6. The Morgan fingerprint density at radius 1 is 1.30 bits per heavy atom. The highest BCUT2D eigenvalue weighted by atomic mass is 32.1. The maximum Gasteiger partial charge on any atom is 0.291 e. The molecule has 0 fully saturated rings. The van der Waals surface area contributed by atoms with Crippen LogP contribution < -0.4 is 10.9 Å². The zero-order chi connectivity index (χ0) is 21.1. The second kappa shape index (κ2) is 8.98. The smallest absolute Gasteiger partial charge is 0.291 e. The van der Waals surface area contributed by atoms with Crippen molar-refractivity contribution < 1.29 is 0 Å². The van der Waals surface area contributed by atoms with Crippen LogP contribution in [0.25, 0.3) is 21.1 Å². The zero-order valence-corrected chi connectivity index (χ0v) is 18.4. The minimum atomic E-state index is -0.0214. The van der Waals surface area contributed by atoms with Gasteiger partial charge < -0.3 is 9.88 Å². The third-order valence-electron chi connectivity index (χ3n) is 5.49. The molecule has 156 valence electrons. The minimum absolute atomic E-state index is 0.0214. The highest BCUT2D eigenvalue weighted by molar-refractivity contribution is 7.20. The summed E-state index contributed by atoms with van der Waals surface area (Å²) in [6.07, 6.45) is 5.54. The van der Waals surface area contributed by atoms with Crippen LogP contribution in [0.2, 0.25) is 0 Å². The lowest BCUT2D eigenvalue weighted by atomic mass is 10.1. The van der Waals surface area contributed by atoms with Gasteiger partial charge in [0.1, 0.15) is 5.52 Å². The van der Waals surface area contributed by atoms with Crippen LogP contribution in [-0.2, 0) is 19.5 Å². The van der Waals surface area contributed by atoms with Crippen LogP contribution in [0.1, 0.15) is 23.8 Å². The van der Waals surface area contributed by atoms with Crippen LogP contribution in [0.15, 0.2) is 60.0 Å². The second-order valence-electron chi connectivity index (χ2n) is 7.79. The molecule has 0 radical (unpaired) electrons. The van der Waals surface area contributed by atoms with Gasteiger partial charge in [0.2, 0.25) is 0 Å². The van der Waals surface area contributed by atoms with E-state index in [1.165, 1.54) is 10.4 Å². The van der Waals surface area contributed by atoms with E-state index in [1.54, 1.807) is 16.0 Å². The van der Waals surface area contributed by atoms with Crippen LogP contribution in [0.3, 0.4) is 0 Å². The largest absolute Gasteiger partial charge is 0.331 e. The van der Waals surface area contributed by atoms with E-state index >= 15 is 0 Å². The van der Waals surface area contributed by atoms with Gasteiger partial charge in [0.15, 0.2) is 0 Å². The molecule has 0 saturated carbocycles. The van der Waals surface area contributed by atoms with E-state index < -0.39 is 0 Å². The normalized spacial score (nSPS) is 12.6. The summed E-state index contributed by atoms with van der Waals surface area (Å²) in [7, 11) is 0. The molecule has 6 heteroatoms. The molecule has 1 aromatic carbocycles. The molecule has 1 N–H and O–H groups in total. The van der Waals surface area contributed by atoms with Gasteiger partial charge in [-0.1, -0.05) is 36.4 Å². The molecule has 0 spiro atoms. The topological polar surface area (TPSA) is 51.9 Å². The van der Waals surface area contributed by atoms with Gasteiger partial charge in [-0.25, -0.2) is 4.68 Å². The van der Waals surface area contributed by atoms with E-state index in [0.29, 0.717) is 19.1 Å². The number of hydrogen-bond donors (Lipinski definition) is 1. The highest BCUT2D eigenvalue weighted by Gasteiger charge is 2.17. The number of thiophene rings is 1. The summed E-state index contributed by atoms with van der Waals surface area (Å²) < 4.78 is 4.81. The third-order valence-corrected chi connectivity index (χ3v) is 6.57. The van der Waals surface area contributed by atoms with Crippen molar-refractivity contribution in [2.24, 2.45) is 0 Å². The molecule has 3 aromatic heterocycles. The minimum Gasteiger partial charge on any atom is -0.331 e. The number of benzene rings is 1. The van der Waals surface area contributed by atoms with Gasteiger partial charge in [-0.2, -0.15) is 5.10 Å². The average Bonchev–Trinajstić information content (AvgIpc) is 3.25. The number of rotatable bonds is 9. The number of allylic oxidation sites excluding steroid dienone is 1. The van der Waals surface area contributed by atoms with Crippen molar-refractivity contribution >= 4 is 32.5 Å². The Balaban J connectivity index is 1.48. The predicted octanol–water partition coefficient (Wildman–Crippen LogP) is 4.52. The Morgan fingerprint density at radius 2 is 2.10 bits per heavy atom. The lowest BCUT2D eigenvalue weighted by Gasteiger charge is -2.14. The molecule has 3 heterocycles. The Kier molecular flexibility index (Phi) is 6.16. The lowest BCUT2D eigenvalue weighted by molar-refractivity contribution is 0.452. The summed E-state index contributed by atoms with van der Waals surface area (Å²) in [4.78, 5) is 14.5. The van der Waals surface area contributed by atoms with Crippen molar-refractivity contribution in [3.05, 3.63) is 76.0 Å². The molecule has 0 aliphatic heterocycles. The maximum atomic E-state index is 13.2. The number of nitrogens with zero attached hydrogens (tertiary/aromatic N) is 3. The molecule has 0 bridgehead atoms. The Hall–Kier alpha value is -2.70. The van der Waals surface area contributed by atoms with Gasteiger partial charge in [-0.05, 0) is 44.9 Å². The molecule has 0 aliphatic carbocycles. The molecule has 0 unspecified atom stereocenters. The molecule has 5 nitrogen and oxygen atoms in total. The quantitative estimate of drug-likeness (QED) is 0.405. The fourth-order valence-corrected chi connectivity index (χ4v) is 4.95. The van der Waals surface area contributed by atoms with Crippen molar-refractivity contribution in [3.8, 4) is 0 Å². The van der Waals surface area contributed by atoms with E-state index in [1.807, 2.05) is 18.3 Å². The molecule has 0 amide bonds. The van der Waals surface area contributed by atoms with Crippen LogP contribution in [-0.4, -0.2) is 26.9 Å². The van der Waals surface area contributed by atoms with Crippen LogP contribution in [0.4, 0.5) is 0 Å². The number of aryl methyl sites for hydroxylation is 2. The highest BCUT2D eigenvalue weighted by Crippen LogP contribution is 2.33. The lowest BCUT2D eigenvalue weighted by Crippen LogP contribution is -2.32. The Bertz CT molecular complexity index is 1220.